The number of hydrogen-bond acceptors (Lipinski definition) is 0. The van der Waals surface area contributed by atoms with Crippen LogP contribution in [-0.4, -0.2) is 18.3 Å². The van der Waals surface area contributed by atoms with E-state index in [1.807, 2.05) is 0 Å². The van der Waals surface area contributed by atoms with Crippen molar-refractivity contribution < 1.29 is 0 Å². The molecule has 4 heteroatoms. The van der Waals surface area contributed by atoms with Gasteiger partial charge in [-0.1, -0.05) is 121 Å². The first kappa shape index (κ1) is 31.9. The van der Waals surface area contributed by atoms with Crippen molar-refractivity contribution in [3.63, 3.8) is 0 Å². The van der Waals surface area contributed by atoms with Gasteiger partial charge in [-0.3, -0.25) is 0 Å². The molecule has 274 valence electrons. The van der Waals surface area contributed by atoms with Gasteiger partial charge in [0, 0.05) is 71.0 Å². The second-order valence-electron chi connectivity index (χ2n) is 15.9. The summed E-state index contributed by atoms with van der Waals surface area (Å²) >= 11 is 0. The number of hydrogen-bond donors (Lipinski definition) is 0. The quantitative estimate of drug-likeness (QED) is 0.171. The summed E-state index contributed by atoms with van der Waals surface area (Å²) in [5, 5.41) is 11.6. The summed E-state index contributed by atoms with van der Waals surface area (Å²) in [6.07, 6.45) is 16.0. The highest BCUT2D eigenvalue weighted by Crippen LogP contribution is 2.42. The van der Waals surface area contributed by atoms with Crippen LogP contribution in [-0.2, 0) is 0 Å². The molecule has 2 aliphatic rings. The van der Waals surface area contributed by atoms with Crippen LogP contribution in [0.25, 0.3) is 111 Å². The Morgan fingerprint density at radius 1 is 0.345 bits per heavy atom. The van der Waals surface area contributed by atoms with Crippen LogP contribution in [0.2, 0.25) is 0 Å². The molecule has 58 heavy (non-hydrogen) atoms. The summed E-state index contributed by atoms with van der Waals surface area (Å²) in [6.45, 7) is 0. The Labute approximate surface area is 334 Å². The first-order valence-electron chi connectivity index (χ1n) is 20.6. The average Bonchev–Trinajstić information content (AvgIpc) is 4.02. The number of allylic oxidation sites excluding steroid dienone is 4. The van der Waals surface area contributed by atoms with E-state index in [0.29, 0.717) is 0 Å². The van der Waals surface area contributed by atoms with Crippen molar-refractivity contribution in [3.8, 4) is 17.1 Å². The smallest absolute Gasteiger partial charge is 0.0788 e. The van der Waals surface area contributed by atoms with E-state index in [4.69, 9.17) is 0 Å². The highest BCUT2D eigenvalue weighted by atomic mass is 15.1. The lowest BCUT2D eigenvalue weighted by Crippen LogP contribution is -2.30. The molecule has 0 bridgehead atoms. The van der Waals surface area contributed by atoms with Crippen molar-refractivity contribution in [1.82, 2.24) is 18.3 Å². The van der Waals surface area contributed by atoms with Gasteiger partial charge in [-0.25, -0.2) is 0 Å². The van der Waals surface area contributed by atoms with Crippen molar-refractivity contribution in [2.75, 3.05) is 0 Å². The standard InChI is InChI=1S/C54H38N4/c1-3-15-35(16-4-1)55-47-23-11-7-19-39(47)43-31-33-45-41-21-9-13-25-49(41)57(53(45)51(43)55)37-27-29-38(30-28-37)58-50-26-14-10-22-42(50)46-34-32-44-40-20-8-12-24-48(40)56(52(44)54(46)58)36-17-5-2-6-18-36/h1-5,7,9-11,13-17,19-34H,6,8,12,18H2. The fourth-order valence-electron chi connectivity index (χ4n) is 10.4. The van der Waals surface area contributed by atoms with E-state index in [0.717, 1.165) is 42.7 Å². The SMILES string of the molecule is C1=CCCC(n2c3c(c4ccc5c6ccccc6n(-c6ccc(-n7c8ccccc8c8ccc9c%10ccccc%10n(-c%10ccccc%10)c9c87)cc6)c5c42)=CCCC=3)=C1. The predicted molar refractivity (Wildman–Crippen MR) is 245 cm³/mol. The number of benzene rings is 7. The van der Waals surface area contributed by atoms with Crippen molar-refractivity contribution in [1.29, 1.82) is 0 Å². The van der Waals surface area contributed by atoms with Crippen LogP contribution >= 0.6 is 0 Å². The Kier molecular flexibility index (Phi) is 6.65. The molecular weight excluding hydrogens is 705 g/mol. The van der Waals surface area contributed by atoms with Crippen molar-refractivity contribution >= 4 is 94.2 Å². The molecule has 4 aromatic heterocycles. The Hall–Kier alpha value is -7.30. The molecule has 0 spiro atoms. The molecule has 0 radical (unpaired) electrons. The van der Waals surface area contributed by atoms with Gasteiger partial charge in [0.05, 0.1) is 38.6 Å². The van der Waals surface area contributed by atoms with E-state index in [-0.39, 0.29) is 0 Å². The monoisotopic (exact) mass is 742 g/mol. The molecule has 4 nitrogen and oxygen atoms in total. The third kappa shape index (κ3) is 4.29. The van der Waals surface area contributed by atoms with Crippen LogP contribution in [0.3, 0.4) is 0 Å². The first-order valence-corrected chi connectivity index (χ1v) is 20.6. The molecular formula is C54H38N4. The summed E-state index contributed by atoms with van der Waals surface area (Å²) in [4.78, 5) is 0. The minimum absolute atomic E-state index is 1.03. The zero-order valence-corrected chi connectivity index (χ0v) is 31.9. The molecule has 0 fully saturated rings. The Bertz CT molecular complexity index is 3710. The molecule has 0 saturated carbocycles. The lowest BCUT2D eigenvalue weighted by atomic mass is 10.1. The van der Waals surface area contributed by atoms with Crippen LogP contribution in [0, 0.1) is 0 Å². The summed E-state index contributed by atoms with van der Waals surface area (Å²) in [5.41, 5.74) is 13.5. The lowest BCUT2D eigenvalue weighted by molar-refractivity contribution is 0.935. The van der Waals surface area contributed by atoms with E-state index in [1.54, 1.807) is 0 Å². The lowest BCUT2D eigenvalue weighted by Gasteiger charge is -2.16. The van der Waals surface area contributed by atoms with E-state index in [2.05, 4.69) is 200 Å². The molecule has 2 aliphatic carbocycles. The zero-order valence-electron chi connectivity index (χ0n) is 31.9. The molecule has 0 aliphatic heterocycles. The zero-order chi connectivity index (χ0) is 37.9. The van der Waals surface area contributed by atoms with Crippen molar-refractivity contribution in [2.24, 2.45) is 0 Å². The van der Waals surface area contributed by atoms with Crippen LogP contribution in [0.15, 0.2) is 170 Å². The third-order valence-corrected chi connectivity index (χ3v) is 12.8. The molecule has 0 unspecified atom stereocenters. The van der Waals surface area contributed by atoms with Crippen LogP contribution in [0.5, 0.6) is 0 Å². The Morgan fingerprint density at radius 2 is 0.793 bits per heavy atom. The minimum atomic E-state index is 1.03. The molecule has 13 rings (SSSR count). The van der Waals surface area contributed by atoms with Gasteiger partial charge < -0.3 is 18.3 Å². The van der Waals surface area contributed by atoms with E-state index < -0.39 is 0 Å². The number of fused-ring (bicyclic) bond motifs is 14. The van der Waals surface area contributed by atoms with Gasteiger partial charge in [0.2, 0.25) is 0 Å². The Balaban J connectivity index is 1.11. The van der Waals surface area contributed by atoms with Gasteiger partial charge in [-0.15, -0.1) is 0 Å². The summed E-state index contributed by atoms with van der Waals surface area (Å²) < 4.78 is 10.1. The van der Waals surface area contributed by atoms with Gasteiger partial charge in [0.1, 0.15) is 0 Å². The van der Waals surface area contributed by atoms with Gasteiger partial charge in [-0.2, -0.15) is 0 Å². The van der Waals surface area contributed by atoms with E-state index in [9.17, 15) is 0 Å². The van der Waals surface area contributed by atoms with Gasteiger partial charge >= 0.3 is 0 Å². The number of rotatable bonds is 4. The fraction of sp³-hybridized carbons (Fsp3) is 0.0741. The first-order chi connectivity index (χ1) is 28.8. The van der Waals surface area contributed by atoms with E-state index >= 15 is 0 Å². The summed E-state index contributed by atoms with van der Waals surface area (Å²) in [5.74, 6) is 0. The Morgan fingerprint density at radius 3 is 1.31 bits per heavy atom. The molecule has 0 amide bonds. The predicted octanol–water partition coefficient (Wildman–Crippen LogP) is 12.5. The third-order valence-electron chi connectivity index (χ3n) is 12.8. The maximum Gasteiger partial charge on any atom is 0.0788 e. The average molecular weight is 743 g/mol. The number of nitrogens with zero attached hydrogens (tertiary/aromatic N) is 4. The maximum atomic E-state index is 2.59. The second-order valence-corrected chi connectivity index (χ2v) is 15.9. The summed E-state index contributed by atoms with van der Waals surface area (Å²) in [7, 11) is 0. The molecule has 11 aromatic rings. The highest BCUT2D eigenvalue weighted by molar-refractivity contribution is 6.24. The van der Waals surface area contributed by atoms with Gasteiger partial charge in [-0.05, 0) is 86.4 Å². The van der Waals surface area contributed by atoms with Gasteiger partial charge in [0.25, 0.3) is 0 Å². The van der Waals surface area contributed by atoms with Crippen LogP contribution in [0.1, 0.15) is 25.7 Å². The second kappa shape index (κ2) is 12.1. The molecule has 7 aromatic carbocycles. The largest absolute Gasteiger partial charge is 0.311 e. The number of aromatic nitrogens is 4. The maximum absolute atomic E-state index is 2.59. The van der Waals surface area contributed by atoms with E-state index in [1.165, 1.54) is 92.6 Å². The highest BCUT2D eigenvalue weighted by Gasteiger charge is 2.24. The van der Waals surface area contributed by atoms with Crippen LogP contribution in [0.4, 0.5) is 0 Å². The summed E-state index contributed by atoms with van der Waals surface area (Å²) in [6, 6.07) is 56.2. The van der Waals surface area contributed by atoms with Crippen molar-refractivity contribution in [3.05, 3.63) is 180 Å². The number of para-hydroxylation sites is 4. The molecule has 0 saturated heterocycles. The molecule has 4 heterocycles. The minimum Gasteiger partial charge on any atom is -0.311 e. The van der Waals surface area contributed by atoms with Crippen molar-refractivity contribution in [2.45, 2.75) is 25.7 Å². The normalized spacial score (nSPS) is 14.2. The molecule has 0 N–H and O–H groups in total. The fourth-order valence-corrected chi connectivity index (χ4v) is 10.4. The topological polar surface area (TPSA) is 19.7 Å². The van der Waals surface area contributed by atoms with Crippen LogP contribution < -0.4 is 10.6 Å². The van der Waals surface area contributed by atoms with Gasteiger partial charge in [0.15, 0.2) is 0 Å². The molecule has 0 atom stereocenters.